The molecule has 1 saturated carbocycles. The van der Waals surface area contributed by atoms with Gasteiger partial charge in [-0.2, -0.15) is 0 Å². The normalized spacial score (nSPS) is 24.0. The SMILES string of the molecule is CC(O)[N+](C)(C)C1CCCCC1. The van der Waals surface area contributed by atoms with Crippen molar-refractivity contribution in [2.24, 2.45) is 0 Å². The largest absolute Gasteiger partial charge is 0.345 e. The van der Waals surface area contributed by atoms with Gasteiger partial charge in [0.15, 0.2) is 6.23 Å². The van der Waals surface area contributed by atoms with Crippen LogP contribution in [0.3, 0.4) is 0 Å². The van der Waals surface area contributed by atoms with Gasteiger partial charge in [0, 0.05) is 6.92 Å². The Morgan fingerprint density at radius 2 is 1.67 bits per heavy atom. The Morgan fingerprint density at radius 1 is 1.17 bits per heavy atom. The molecule has 1 unspecified atom stereocenters. The molecule has 0 aliphatic heterocycles. The van der Waals surface area contributed by atoms with Gasteiger partial charge in [-0.05, 0) is 25.7 Å². The minimum Gasteiger partial charge on any atom is -0.345 e. The average Bonchev–Trinajstić information content (AvgIpc) is 2.06. The molecule has 0 spiro atoms. The Kier molecular flexibility index (Phi) is 3.13. The quantitative estimate of drug-likeness (QED) is 0.497. The molecule has 1 fully saturated rings. The minimum atomic E-state index is -0.229. The summed E-state index contributed by atoms with van der Waals surface area (Å²) in [5.74, 6) is 0. The molecule has 0 aromatic heterocycles. The summed E-state index contributed by atoms with van der Waals surface area (Å²) in [4.78, 5) is 0. The first kappa shape index (κ1) is 10.0. The Balaban J connectivity index is 2.53. The number of quaternary nitrogens is 1. The highest BCUT2D eigenvalue weighted by molar-refractivity contribution is 4.65. The molecule has 1 rings (SSSR count). The van der Waals surface area contributed by atoms with Gasteiger partial charge in [-0.1, -0.05) is 6.42 Å². The maximum absolute atomic E-state index is 9.60. The summed E-state index contributed by atoms with van der Waals surface area (Å²) in [6.45, 7) is 1.90. The first-order valence-corrected chi connectivity index (χ1v) is 5.06. The van der Waals surface area contributed by atoms with Gasteiger partial charge in [-0.3, -0.25) is 0 Å². The first-order chi connectivity index (χ1) is 5.55. The Labute approximate surface area is 75.8 Å². The van der Waals surface area contributed by atoms with Crippen molar-refractivity contribution in [3.63, 3.8) is 0 Å². The molecular formula is C10H22NO+. The lowest BCUT2D eigenvalue weighted by Gasteiger charge is -2.42. The minimum absolute atomic E-state index is 0.229. The van der Waals surface area contributed by atoms with Crippen molar-refractivity contribution in [1.29, 1.82) is 0 Å². The van der Waals surface area contributed by atoms with E-state index in [1.54, 1.807) is 0 Å². The van der Waals surface area contributed by atoms with Crippen LogP contribution in [0.4, 0.5) is 0 Å². The van der Waals surface area contributed by atoms with E-state index in [2.05, 4.69) is 14.1 Å². The molecule has 0 heterocycles. The van der Waals surface area contributed by atoms with E-state index in [4.69, 9.17) is 0 Å². The van der Waals surface area contributed by atoms with E-state index in [9.17, 15) is 5.11 Å². The first-order valence-electron chi connectivity index (χ1n) is 5.06. The van der Waals surface area contributed by atoms with Gasteiger partial charge in [0.25, 0.3) is 0 Å². The number of hydrogen-bond acceptors (Lipinski definition) is 1. The molecule has 2 nitrogen and oxygen atoms in total. The molecule has 1 aliphatic carbocycles. The lowest BCUT2D eigenvalue weighted by atomic mass is 9.93. The molecule has 1 aliphatic rings. The molecule has 0 amide bonds. The van der Waals surface area contributed by atoms with Gasteiger partial charge in [-0.25, -0.2) is 0 Å². The second-order valence-electron chi connectivity index (χ2n) is 4.55. The van der Waals surface area contributed by atoms with Crippen molar-refractivity contribution >= 4 is 0 Å². The molecule has 12 heavy (non-hydrogen) atoms. The standard InChI is InChI=1S/C10H22NO/c1-9(12)11(2,3)10-7-5-4-6-8-10/h9-10,12H,4-8H2,1-3H3/q+1. The third-order valence-corrected chi connectivity index (χ3v) is 3.48. The highest BCUT2D eigenvalue weighted by atomic mass is 16.3. The van der Waals surface area contributed by atoms with Crippen LogP contribution in [-0.2, 0) is 0 Å². The number of hydrogen-bond donors (Lipinski definition) is 1. The van der Waals surface area contributed by atoms with Crippen LogP contribution < -0.4 is 0 Å². The van der Waals surface area contributed by atoms with Crippen molar-refractivity contribution in [1.82, 2.24) is 0 Å². The van der Waals surface area contributed by atoms with E-state index < -0.39 is 0 Å². The van der Waals surface area contributed by atoms with Crippen LogP contribution in [0.2, 0.25) is 0 Å². The Bertz CT molecular complexity index is 137. The molecule has 1 atom stereocenters. The van der Waals surface area contributed by atoms with E-state index in [0.717, 1.165) is 4.48 Å². The molecular weight excluding hydrogens is 150 g/mol. The zero-order valence-corrected chi connectivity index (χ0v) is 8.58. The van der Waals surface area contributed by atoms with Crippen molar-refractivity contribution in [3.8, 4) is 0 Å². The predicted octanol–water partition coefficient (Wildman–Crippen LogP) is 1.73. The second kappa shape index (κ2) is 3.75. The highest BCUT2D eigenvalue weighted by Gasteiger charge is 2.33. The molecule has 0 bridgehead atoms. The monoisotopic (exact) mass is 172 g/mol. The van der Waals surface area contributed by atoms with E-state index >= 15 is 0 Å². The van der Waals surface area contributed by atoms with Gasteiger partial charge in [0.1, 0.15) is 0 Å². The Morgan fingerprint density at radius 3 is 2.08 bits per heavy atom. The van der Waals surface area contributed by atoms with Crippen LogP contribution in [0.5, 0.6) is 0 Å². The topological polar surface area (TPSA) is 20.2 Å². The van der Waals surface area contributed by atoms with Crippen LogP contribution in [0, 0.1) is 0 Å². The molecule has 0 saturated heterocycles. The molecule has 0 aromatic rings. The van der Waals surface area contributed by atoms with Gasteiger partial charge >= 0.3 is 0 Å². The summed E-state index contributed by atoms with van der Waals surface area (Å²) in [5, 5.41) is 9.60. The number of aliphatic hydroxyl groups excluding tert-OH is 1. The fourth-order valence-corrected chi connectivity index (χ4v) is 2.05. The van der Waals surface area contributed by atoms with Gasteiger partial charge in [0.05, 0.1) is 20.1 Å². The predicted molar refractivity (Wildman–Crippen MR) is 50.7 cm³/mol. The zero-order valence-electron chi connectivity index (χ0n) is 8.58. The van der Waals surface area contributed by atoms with Crippen LogP contribution >= 0.6 is 0 Å². The summed E-state index contributed by atoms with van der Waals surface area (Å²) >= 11 is 0. The number of rotatable bonds is 2. The summed E-state index contributed by atoms with van der Waals surface area (Å²) in [7, 11) is 4.28. The van der Waals surface area contributed by atoms with Crippen LogP contribution in [0.25, 0.3) is 0 Å². The lowest BCUT2D eigenvalue weighted by Crippen LogP contribution is -2.55. The lowest BCUT2D eigenvalue weighted by molar-refractivity contribution is -0.958. The van der Waals surface area contributed by atoms with Crippen molar-refractivity contribution < 1.29 is 9.59 Å². The van der Waals surface area contributed by atoms with E-state index in [1.165, 1.54) is 32.1 Å². The van der Waals surface area contributed by atoms with E-state index in [1.807, 2.05) is 6.92 Å². The molecule has 72 valence electrons. The molecule has 0 radical (unpaired) electrons. The number of nitrogens with zero attached hydrogens (tertiary/aromatic N) is 1. The average molecular weight is 172 g/mol. The summed E-state index contributed by atoms with van der Waals surface area (Å²) in [6.07, 6.45) is 6.43. The molecule has 0 aromatic carbocycles. The maximum atomic E-state index is 9.60. The van der Waals surface area contributed by atoms with Crippen LogP contribution in [-0.4, -0.2) is 36.0 Å². The Hall–Kier alpha value is -0.0800. The number of aliphatic hydroxyl groups is 1. The van der Waals surface area contributed by atoms with E-state index in [-0.39, 0.29) is 6.23 Å². The smallest absolute Gasteiger partial charge is 0.187 e. The summed E-state index contributed by atoms with van der Waals surface area (Å²) in [5.41, 5.74) is 0. The zero-order chi connectivity index (χ0) is 9.19. The van der Waals surface area contributed by atoms with Crippen molar-refractivity contribution in [2.75, 3.05) is 14.1 Å². The fraction of sp³-hybridized carbons (Fsp3) is 1.00. The third-order valence-electron chi connectivity index (χ3n) is 3.48. The molecule has 2 heteroatoms. The van der Waals surface area contributed by atoms with Gasteiger partial charge in [-0.15, -0.1) is 0 Å². The van der Waals surface area contributed by atoms with Crippen molar-refractivity contribution in [2.45, 2.75) is 51.3 Å². The third kappa shape index (κ3) is 1.99. The highest BCUT2D eigenvalue weighted by Crippen LogP contribution is 2.26. The van der Waals surface area contributed by atoms with Crippen molar-refractivity contribution in [3.05, 3.63) is 0 Å². The van der Waals surface area contributed by atoms with E-state index in [0.29, 0.717) is 6.04 Å². The van der Waals surface area contributed by atoms with Gasteiger partial charge in [0.2, 0.25) is 0 Å². The van der Waals surface area contributed by atoms with Crippen LogP contribution in [0.15, 0.2) is 0 Å². The second-order valence-corrected chi connectivity index (χ2v) is 4.55. The molecule has 1 N–H and O–H groups in total. The summed E-state index contributed by atoms with van der Waals surface area (Å²) < 4.78 is 0.778. The fourth-order valence-electron chi connectivity index (χ4n) is 2.05. The van der Waals surface area contributed by atoms with Crippen LogP contribution in [0.1, 0.15) is 39.0 Å². The maximum Gasteiger partial charge on any atom is 0.187 e. The summed E-state index contributed by atoms with van der Waals surface area (Å²) in [6, 6.07) is 0.679. The van der Waals surface area contributed by atoms with Gasteiger partial charge < -0.3 is 9.59 Å².